The molecule has 0 bridgehead atoms. The van der Waals surface area contributed by atoms with Crippen LogP contribution in [-0.4, -0.2) is 21.2 Å². The Labute approximate surface area is 76.3 Å². The van der Waals surface area contributed by atoms with Crippen LogP contribution in [0.3, 0.4) is 0 Å². The van der Waals surface area contributed by atoms with E-state index in [-0.39, 0.29) is 0 Å². The minimum atomic E-state index is -1.05. The van der Waals surface area contributed by atoms with Gasteiger partial charge in [-0.25, -0.2) is 0 Å². The maximum absolute atomic E-state index is 9.90. The summed E-state index contributed by atoms with van der Waals surface area (Å²) in [6.07, 6.45) is 2.59. The average Bonchev–Trinajstić information content (AvgIpc) is 2.01. The number of unbranched alkanes of at least 4 members (excludes halogenated alkanes) is 1. The SMILES string of the molecule is CCCC[Si](C)(C)CCOC=O. The standard InChI is InChI=1S/C9H20O2Si/c1-4-5-7-12(2,3)8-6-11-9-10/h9H,4-8H2,1-3H3. The molecule has 0 radical (unpaired) electrons. The van der Waals surface area contributed by atoms with E-state index in [0.29, 0.717) is 13.1 Å². The summed E-state index contributed by atoms with van der Waals surface area (Å²) in [5, 5.41) is 0. The first-order chi connectivity index (χ1) is 5.62. The molecule has 0 aromatic heterocycles. The number of carbonyl (C=O) groups excluding carboxylic acids is 1. The van der Waals surface area contributed by atoms with Crippen LogP contribution >= 0.6 is 0 Å². The van der Waals surface area contributed by atoms with Crippen LogP contribution < -0.4 is 0 Å². The first kappa shape index (κ1) is 11.7. The predicted molar refractivity (Wildman–Crippen MR) is 54.0 cm³/mol. The summed E-state index contributed by atoms with van der Waals surface area (Å²) >= 11 is 0. The summed E-state index contributed by atoms with van der Waals surface area (Å²) in [5.41, 5.74) is 0. The van der Waals surface area contributed by atoms with Crippen molar-refractivity contribution in [3.05, 3.63) is 0 Å². The molecule has 0 N–H and O–H groups in total. The molecule has 0 spiro atoms. The highest BCUT2D eigenvalue weighted by molar-refractivity contribution is 6.77. The van der Waals surface area contributed by atoms with Gasteiger partial charge in [-0.05, 0) is 6.04 Å². The Morgan fingerprint density at radius 1 is 1.33 bits per heavy atom. The molecule has 0 aliphatic carbocycles. The van der Waals surface area contributed by atoms with E-state index < -0.39 is 8.07 Å². The lowest BCUT2D eigenvalue weighted by Gasteiger charge is -2.20. The molecule has 2 nitrogen and oxygen atoms in total. The number of rotatable bonds is 7. The molecule has 0 saturated heterocycles. The monoisotopic (exact) mass is 188 g/mol. The molecular weight excluding hydrogens is 168 g/mol. The summed E-state index contributed by atoms with van der Waals surface area (Å²) in [6.45, 7) is 8.09. The van der Waals surface area contributed by atoms with Crippen LogP contribution in [-0.2, 0) is 9.53 Å². The van der Waals surface area contributed by atoms with Gasteiger partial charge in [-0.3, -0.25) is 4.79 Å². The van der Waals surface area contributed by atoms with Crippen molar-refractivity contribution in [2.24, 2.45) is 0 Å². The van der Waals surface area contributed by atoms with Crippen LogP contribution in [0.2, 0.25) is 25.2 Å². The quantitative estimate of drug-likeness (QED) is 0.349. The van der Waals surface area contributed by atoms with Crippen LogP contribution in [0.1, 0.15) is 19.8 Å². The molecule has 0 aromatic carbocycles. The zero-order valence-corrected chi connectivity index (χ0v) is 9.43. The fourth-order valence-electron chi connectivity index (χ4n) is 1.16. The van der Waals surface area contributed by atoms with E-state index in [0.717, 1.165) is 6.04 Å². The van der Waals surface area contributed by atoms with Gasteiger partial charge in [0.1, 0.15) is 0 Å². The molecule has 12 heavy (non-hydrogen) atoms. The molecule has 0 amide bonds. The molecule has 0 saturated carbocycles. The van der Waals surface area contributed by atoms with Gasteiger partial charge in [0.25, 0.3) is 6.47 Å². The van der Waals surface area contributed by atoms with Crippen molar-refractivity contribution in [2.75, 3.05) is 6.61 Å². The van der Waals surface area contributed by atoms with Crippen LogP contribution in [0.5, 0.6) is 0 Å². The van der Waals surface area contributed by atoms with Crippen molar-refractivity contribution in [1.82, 2.24) is 0 Å². The van der Waals surface area contributed by atoms with Crippen LogP contribution in [0.25, 0.3) is 0 Å². The number of hydrogen-bond acceptors (Lipinski definition) is 2. The van der Waals surface area contributed by atoms with Crippen molar-refractivity contribution in [3.8, 4) is 0 Å². The summed E-state index contributed by atoms with van der Waals surface area (Å²) in [6, 6.07) is 2.46. The third-order valence-electron chi connectivity index (χ3n) is 2.17. The van der Waals surface area contributed by atoms with Gasteiger partial charge in [-0.15, -0.1) is 0 Å². The zero-order chi connectivity index (χ0) is 9.45. The molecule has 3 heteroatoms. The molecule has 0 heterocycles. The molecule has 0 aliphatic rings. The van der Waals surface area contributed by atoms with E-state index in [1.807, 2.05) is 0 Å². The van der Waals surface area contributed by atoms with Crippen LogP contribution in [0.4, 0.5) is 0 Å². The molecule has 0 aliphatic heterocycles. The lowest BCUT2D eigenvalue weighted by Crippen LogP contribution is -2.26. The van der Waals surface area contributed by atoms with Gasteiger partial charge in [0.05, 0.1) is 14.7 Å². The number of hydrogen-bond donors (Lipinski definition) is 0. The van der Waals surface area contributed by atoms with E-state index in [1.54, 1.807) is 0 Å². The van der Waals surface area contributed by atoms with Gasteiger partial charge in [0, 0.05) is 0 Å². The molecule has 0 aromatic rings. The topological polar surface area (TPSA) is 26.3 Å². The summed E-state index contributed by atoms with van der Waals surface area (Å²) in [4.78, 5) is 9.90. The highest BCUT2D eigenvalue weighted by Crippen LogP contribution is 2.18. The normalized spacial score (nSPS) is 11.2. The smallest absolute Gasteiger partial charge is 0.293 e. The lowest BCUT2D eigenvalue weighted by atomic mass is 10.4. The lowest BCUT2D eigenvalue weighted by molar-refractivity contribution is -0.128. The Balaban J connectivity index is 3.48. The van der Waals surface area contributed by atoms with Crippen molar-refractivity contribution in [2.45, 2.75) is 44.9 Å². The second-order valence-electron chi connectivity index (χ2n) is 3.98. The van der Waals surface area contributed by atoms with Crippen molar-refractivity contribution in [3.63, 3.8) is 0 Å². The Bertz CT molecular complexity index is 124. The highest BCUT2D eigenvalue weighted by Gasteiger charge is 2.19. The van der Waals surface area contributed by atoms with Gasteiger partial charge in [0.15, 0.2) is 0 Å². The van der Waals surface area contributed by atoms with Gasteiger partial charge in [-0.1, -0.05) is 38.9 Å². The zero-order valence-electron chi connectivity index (χ0n) is 8.43. The highest BCUT2D eigenvalue weighted by atomic mass is 28.3. The molecular formula is C9H20O2Si. The summed E-state index contributed by atoms with van der Waals surface area (Å²) < 4.78 is 4.70. The molecule has 72 valence electrons. The molecule has 0 unspecified atom stereocenters. The maximum Gasteiger partial charge on any atom is 0.293 e. The molecule has 0 rings (SSSR count). The number of ether oxygens (including phenoxy) is 1. The van der Waals surface area contributed by atoms with E-state index in [2.05, 4.69) is 20.0 Å². The van der Waals surface area contributed by atoms with Gasteiger partial charge < -0.3 is 4.74 Å². The second kappa shape index (κ2) is 6.23. The van der Waals surface area contributed by atoms with Crippen molar-refractivity contribution in [1.29, 1.82) is 0 Å². The van der Waals surface area contributed by atoms with Gasteiger partial charge in [-0.2, -0.15) is 0 Å². The summed E-state index contributed by atoms with van der Waals surface area (Å²) in [5.74, 6) is 0. The third kappa shape index (κ3) is 6.40. The van der Waals surface area contributed by atoms with E-state index in [9.17, 15) is 4.79 Å². The third-order valence-corrected chi connectivity index (χ3v) is 5.44. The van der Waals surface area contributed by atoms with Crippen molar-refractivity contribution < 1.29 is 9.53 Å². The molecule has 0 atom stereocenters. The maximum atomic E-state index is 9.90. The van der Waals surface area contributed by atoms with Gasteiger partial charge in [0.2, 0.25) is 0 Å². The van der Waals surface area contributed by atoms with E-state index in [4.69, 9.17) is 4.74 Å². The summed E-state index contributed by atoms with van der Waals surface area (Å²) in [7, 11) is -1.05. The number of carbonyl (C=O) groups is 1. The average molecular weight is 188 g/mol. The first-order valence-electron chi connectivity index (χ1n) is 4.67. The van der Waals surface area contributed by atoms with Crippen LogP contribution in [0.15, 0.2) is 0 Å². The Kier molecular flexibility index (Phi) is 6.07. The van der Waals surface area contributed by atoms with Gasteiger partial charge >= 0.3 is 0 Å². The minimum absolute atomic E-state index is 0.546. The second-order valence-corrected chi connectivity index (χ2v) is 9.31. The fraction of sp³-hybridized carbons (Fsp3) is 0.889. The molecule has 0 fully saturated rings. The van der Waals surface area contributed by atoms with E-state index >= 15 is 0 Å². The van der Waals surface area contributed by atoms with Crippen molar-refractivity contribution >= 4 is 14.5 Å². The Morgan fingerprint density at radius 2 is 2.00 bits per heavy atom. The minimum Gasteiger partial charge on any atom is -0.468 e. The Hall–Kier alpha value is -0.313. The fourth-order valence-corrected chi connectivity index (χ4v) is 3.39. The first-order valence-corrected chi connectivity index (χ1v) is 8.09. The Morgan fingerprint density at radius 3 is 2.50 bits per heavy atom. The largest absolute Gasteiger partial charge is 0.468 e. The predicted octanol–water partition coefficient (Wildman–Crippen LogP) is 2.67. The van der Waals surface area contributed by atoms with Crippen LogP contribution in [0, 0.1) is 0 Å². The van der Waals surface area contributed by atoms with E-state index in [1.165, 1.54) is 18.9 Å².